The van der Waals surface area contributed by atoms with Gasteiger partial charge in [-0.1, -0.05) is 29.8 Å². The summed E-state index contributed by atoms with van der Waals surface area (Å²) in [5, 5.41) is 0.737. The van der Waals surface area contributed by atoms with Gasteiger partial charge < -0.3 is 0 Å². The Morgan fingerprint density at radius 3 is 2.50 bits per heavy atom. The Morgan fingerprint density at radius 2 is 1.93 bits per heavy atom. The first-order valence-electron chi connectivity index (χ1n) is 4.72. The van der Waals surface area contributed by atoms with Crippen molar-refractivity contribution in [3.8, 4) is 0 Å². The molecule has 1 aromatic carbocycles. The zero-order valence-electron chi connectivity index (χ0n) is 7.79. The molecule has 2 rings (SSSR count). The van der Waals surface area contributed by atoms with E-state index in [1.54, 1.807) is 0 Å². The van der Waals surface area contributed by atoms with E-state index >= 15 is 0 Å². The van der Waals surface area contributed by atoms with Crippen LogP contribution in [0.1, 0.15) is 18.4 Å². The lowest BCUT2D eigenvalue weighted by atomic mass is 10.0. The fourth-order valence-corrected chi connectivity index (χ4v) is 1.77. The highest BCUT2D eigenvalue weighted by molar-refractivity contribution is 6.30. The van der Waals surface area contributed by atoms with Crippen molar-refractivity contribution in [3.63, 3.8) is 0 Å². The molecule has 0 N–H and O–H groups in total. The quantitative estimate of drug-likeness (QED) is 0.727. The molecule has 0 unspecified atom stereocenters. The number of carbonyl (C=O) groups excluding carboxylic acids is 1. The molecule has 0 saturated heterocycles. The second-order valence-corrected chi connectivity index (χ2v) is 3.93. The van der Waals surface area contributed by atoms with Crippen LogP contribution in [0.2, 0.25) is 5.02 Å². The number of hydrogen-bond acceptors (Lipinski definition) is 1. The van der Waals surface area contributed by atoms with E-state index in [0.717, 1.165) is 29.0 Å². The number of halogens is 1. The lowest BCUT2D eigenvalue weighted by Crippen LogP contribution is -1.98. The highest BCUT2D eigenvalue weighted by Crippen LogP contribution is 2.19. The van der Waals surface area contributed by atoms with Gasteiger partial charge in [-0.15, -0.1) is 0 Å². The molecule has 0 heterocycles. The fraction of sp³-hybridized carbons (Fsp3) is 0.250. The molecule has 72 valence electrons. The number of ketones is 1. The SMILES string of the molecule is O=C1CCC=C1Cc1ccc(Cl)cc1. The zero-order chi connectivity index (χ0) is 9.97. The third-order valence-corrected chi connectivity index (χ3v) is 2.68. The first-order chi connectivity index (χ1) is 6.75. The van der Waals surface area contributed by atoms with Gasteiger partial charge in [0.15, 0.2) is 5.78 Å². The van der Waals surface area contributed by atoms with E-state index in [0.29, 0.717) is 12.2 Å². The van der Waals surface area contributed by atoms with E-state index in [9.17, 15) is 4.79 Å². The molecular formula is C12H11ClO. The Balaban J connectivity index is 2.11. The minimum Gasteiger partial charge on any atom is -0.295 e. The number of hydrogen-bond donors (Lipinski definition) is 0. The molecule has 1 nitrogen and oxygen atoms in total. The molecule has 1 aromatic rings. The molecule has 0 aromatic heterocycles. The molecule has 0 bridgehead atoms. The minimum absolute atomic E-state index is 0.292. The Kier molecular flexibility index (Phi) is 2.69. The van der Waals surface area contributed by atoms with Crippen molar-refractivity contribution >= 4 is 17.4 Å². The third kappa shape index (κ3) is 2.05. The van der Waals surface area contributed by atoms with Gasteiger partial charge in [-0.3, -0.25) is 4.79 Å². The van der Waals surface area contributed by atoms with Crippen molar-refractivity contribution < 1.29 is 4.79 Å². The number of rotatable bonds is 2. The second-order valence-electron chi connectivity index (χ2n) is 3.49. The Hall–Kier alpha value is -1.08. The van der Waals surface area contributed by atoms with Gasteiger partial charge in [-0.25, -0.2) is 0 Å². The van der Waals surface area contributed by atoms with Crippen molar-refractivity contribution in [1.29, 1.82) is 0 Å². The Morgan fingerprint density at radius 1 is 1.21 bits per heavy atom. The smallest absolute Gasteiger partial charge is 0.159 e. The summed E-state index contributed by atoms with van der Waals surface area (Å²) in [7, 11) is 0. The Bertz CT molecular complexity index is 376. The van der Waals surface area contributed by atoms with Gasteiger partial charge in [0.05, 0.1) is 0 Å². The highest BCUT2D eigenvalue weighted by Gasteiger charge is 2.14. The maximum atomic E-state index is 11.4. The fourth-order valence-electron chi connectivity index (χ4n) is 1.64. The number of carbonyl (C=O) groups is 1. The van der Waals surface area contributed by atoms with Crippen LogP contribution in [0.5, 0.6) is 0 Å². The topological polar surface area (TPSA) is 17.1 Å². The molecule has 0 atom stereocenters. The monoisotopic (exact) mass is 206 g/mol. The standard InChI is InChI=1S/C12H11ClO/c13-11-6-4-9(5-7-11)8-10-2-1-3-12(10)14/h2,4-7H,1,3,8H2. The summed E-state index contributed by atoms with van der Waals surface area (Å²) in [4.78, 5) is 11.4. The van der Waals surface area contributed by atoms with Crippen molar-refractivity contribution in [1.82, 2.24) is 0 Å². The predicted molar refractivity (Wildman–Crippen MR) is 57.5 cm³/mol. The maximum Gasteiger partial charge on any atom is 0.159 e. The van der Waals surface area contributed by atoms with Crippen LogP contribution in [0.3, 0.4) is 0 Å². The molecule has 0 aliphatic heterocycles. The van der Waals surface area contributed by atoms with E-state index in [2.05, 4.69) is 0 Å². The molecule has 0 spiro atoms. The van der Waals surface area contributed by atoms with E-state index < -0.39 is 0 Å². The lowest BCUT2D eigenvalue weighted by molar-refractivity contribution is -0.115. The molecule has 2 heteroatoms. The van der Waals surface area contributed by atoms with Crippen LogP contribution in [-0.2, 0) is 11.2 Å². The van der Waals surface area contributed by atoms with Gasteiger partial charge >= 0.3 is 0 Å². The van der Waals surface area contributed by atoms with Gasteiger partial charge in [0.1, 0.15) is 0 Å². The summed E-state index contributed by atoms with van der Waals surface area (Å²) in [6, 6.07) is 7.65. The van der Waals surface area contributed by atoms with E-state index in [1.165, 1.54) is 0 Å². The van der Waals surface area contributed by atoms with Gasteiger partial charge in [-0.2, -0.15) is 0 Å². The molecule has 0 fully saturated rings. The summed E-state index contributed by atoms with van der Waals surface area (Å²) in [5.74, 6) is 0.292. The van der Waals surface area contributed by atoms with Crippen molar-refractivity contribution in [2.45, 2.75) is 19.3 Å². The Labute approximate surface area is 88.4 Å². The van der Waals surface area contributed by atoms with Crippen LogP contribution in [-0.4, -0.2) is 5.78 Å². The molecule has 14 heavy (non-hydrogen) atoms. The van der Waals surface area contributed by atoms with Gasteiger partial charge in [-0.05, 0) is 29.7 Å². The minimum atomic E-state index is 0.292. The third-order valence-electron chi connectivity index (χ3n) is 2.43. The van der Waals surface area contributed by atoms with Crippen LogP contribution < -0.4 is 0 Å². The molecule has 0 saturated carbocycles. The summed E-state index contributed by atoms with van der Waals surface area (Å²) in [6.45, 7) is 0. The predicted octanol–water partition coefficient (Wildman–Crippen LogP) is 3.17. The number of Topliss-reactive ketones (excluding diaryl/α,β-unsaturated/α-hetero) is 1. The van der Waals surface area contributed by atoms with Crippen molar-refractivity contribution in [2.24, 2.45) is 0 Å². The largest absolute Gasteiger partial charge is 0.295 e. The van der Waals surface area contributed by atoms with E-state index in [4.69, 9.17) is 11.6 Å². The molecule has 1 aliphatic rings. The highest BCUT2D eigenvalue weighted by atomic mass is 35.5. The number of benzene rings is 1. The molecular weight excluding hydrogens is 196 g/mol. The first kappa shape index (κ1) is 9.47. The van der Waals surface area contributed by atoms with Crippen LogP contribution >= 0.6 is 11.6 Å². The van der Waals surface area contributed by atoms with Gasteiger partial charge in [0.25, 0.3) is 0 Å². The van der Waals surface area contributed by atoms with Crippen molar-refractivity contribution in [2.75, 3.05) is 0 Å². The van der Waals surface area contributed by atoms with Crippen LogP contribution in [0, 0.1) is 0 Å². The summed E-state index contributed by atoms with van der Waals surface area (Å²) >= 11 is 5.78. The van der Waals surface area contributed by atoms with Crippen LogP contribution in [0.4, 0.5) is 0 Å². The van der Waals surface area contributed by atoms with E-state index in [1.807, 2.05) is 30.3 Å². The molecule has 0 amide bonds. The normalized spacial score (nSPS) is 15.8. The summed E-state index contributed by atoms with van der Waals surface area (Å²) in [5.41, 5.74) is 2.10. The summed E-state index contributed by atoms with van der Waals surface area (Å²) in [6.07, 6.45) is 4.37. The summed E-state index contributed by atoms with van der Waals surface area (Å²) < 4.78 is 0. The maximum absolute atomic E-state index is 11.4. The molecule has 1 aliphatic carbocycles. The van der Waals surface area contributed by atoms with Crippen LogP contribution in [0.15, 0.2) is 35.9 Å². The number of allylic oxidation sites excluding steroid dienone is 2. The van der Waals surface area contributed by atoms with Crippen molar-refractivity contribution in [3.05, 3.63) is 46.5 Å². The van der Waals surface area contributed by atoms with Gasteiger partial charge in [0.2, 0.25) is 0 Å². The first-order valence-corrected chi connectivity index (χ1v) is 5.10. The average molecular weight is 207 g/mol. The zero-order valence-corrected chi connectivity index (χ0v) is 8.55. The van der Waals surface area contributed by atoms with Gasteiger partial charge in [0, 0.05) is 17.9 Å². The van der Waals surface area contributed by atoms with E-state index in [-0.39, 0.29) is 0 Å². The average Bonchev–Trinajstić information content (AvgIpc) is 2.56. The lowest BCUT2D eigenvalue weighted by Gasteiger charge is -2.01. The van der Waals surface area contributed by atoms with Crippen LogP contribution in [0.25, 0.3) is 0 Å². The molecule has 0 radical (unpaired) electrons. The second kappa shape index (κ2) is 3.97.